The number of nitrogen functional groups attached to an aromatic ring is 1. The number of benzene rings is 2. The Morgan fingerprint density at radius 2 is 1.01 bits per heavy atom. The Morgan fingerprint density at radius 3 is 1.46 bits per heavy atom. The molecule has 4 bridgehead atoms. The van der Waals surface area contributed by atoms with E-state index in [0.717, 1.165) is 95.4 Å². The van der Waals surface area contributed by atoms with E-state index in [1.54, 1.807) is 23.1 Å². The van der Waals surface area contributed by atoms with Gasteiger partial charge >= 0.3 is 0 Å². The van der Waals surface area contributed by atoms with Gasteiger partial charge in [0.15, 0.2) is 36.8 Å². The van der Waals surface area contributed by atoms with E-state index in [4.69, 9.17) is 35.3 Å². The van der Waals surface area contributed by atoms with Crippen molar-refractivity contribution in [2.75, 3.05) is 49.8 Å². The summed E-state index contributed by atoms with van der Waals surface area (Å²) in [4.78, 5) is 21.9. The Labute approximate surface area is 497 Å². The van der Waals surface area contributed by atoms with Crippen LogP contribution in [0.25, 0.3) is 56.1 Å². The molecule has 0 radical (unpaired) electrons. The molecule has 0 spiro atoms. The summed E-state index contributed by atoms with van der Waals surface area (Å²) in [6.07, 6.45) is 19.2. The second kappa shape index (κ2) is 24.3. The summed E-state index contributed by atoms with van der Waals surface area (Å²) < 4.78 is 69.5. The van der Waals surface area contributed by atoms with Gasteiger partial charge in [-0.1, -0.05) is 125 Å². The summed E-state index contributed by atoms with van der Waals surface area (Å²) in [6, 6.07) is 30.9. The molecule has 84 heavy (non-hydrogen) atoms. The lowest BCUT2D eigenvalue weighted by molar-refractivity contribution is 0.0937. The van der Waals surface area contributed by atoms with Crippen LogP contribution >= 0.6 is 0 Å². The summed E-state index contributed by atoms with van der Waals surface area (Å²) in [6.45, 7) is 15.6. The van der Waals surface area contributed by atoms with Crippen LogP contribution in [0.3, 0.4) is 0 Å². The maximum Gasteiger partial charge on any atom is 0.181 e. The number of pyridine rings is 2. The normalized spacial score (nSPS) is 20.8. The first-order valence-electron chi connectivity index (χ1n) is 29.7. The first-order valence-corrected chi connectivity index (χ1v) is 40.9. The number of sulfone groups is 2. The monoisotopic (exact) mass is 1210 g/mol. The fraction of sp³-hybridized carbons (Fsp3) is 0.460. The summed E-state index contributed by atoms with van der Waals surface area (Å²) in [7, 11) is -10.0. The maximum absolute atomic E-state index is 14.0. The molecule has 2 unspecified atom stereocenters. The van der Waals surface area contributed by atoms with E-state index in [1.807, 2.05) is 90.0 Å². The highest BCUT2D eigenvalue weighted by atomic mass is 32.2. The predicted octanol–water partition coefficient (Wildman–Crippen LogP) is 12.0. The highest BCUT2D eigenvalue weighted by molar-refractivity contribution is 7.91. The lowest BCUT2D eigenvalue weighted by atomic mass is 9.79. The van der Waals surface area contributed by atoms with Crippen molar-refractivity contribution in [3.8, 4) is 44.8 Å². The van der Waals surface area contributed by atoms with Crippen LogP contribution in [-0.2, 0) is 29.1 Å². The molecule has 8 heterocycles. The SMILES string of the molecule is CS(=O)(=O)c1c(C2C[C@H]3CC[C@@H](C2)N3)nc2c(-c3ccc(-c4ccccc4)nc3)cnn2c1N.C[Si](C)(C)CCOCN(COCC[Si](C)(C)C)c1c(S(C)(=O)=O)c(C2C[C@H]3CC[C@@H](C2)C3)nc2c(-c3ccc(-c4ccccc4)nc3)cnn12. The van der Waals surface area contributed by atoms with Gasteiger partial charge in [0, 0.05) is 112 Å². The number of fused-ring (bicyclic) bond motifs is 6. The van der Waals surface area contributed by atoms with Gasteiger partial charge in [-0.2, -0.15) is 19.2 Å². The summed E-state index contributed by atoms with van der Waals surface area (Å²) in [5.41, 5.74) is 16.0. The molecule has 8 aromatic rings. The number of nitrogens with zero attached hydrogens (tertiary/aromatic N) is 9. The summed E-state index contributed by atoms with van der Waals surface area (Å²) >= 11 is 0. The number of hydrogen-bond donors (Lipinski definition) is 2. The molecule has 2 saturated heterocycles. The third kappa shape index (κ3) is 13.4. The molecule has 6 atom stereocenters. The van der Waals surface area contributed by atoms with Gasteiger partial charge in [0.2, 0.25) is 0 Å². The van der Waals surface area contributed by atoms with Gasteiger partial charge in [0.05, 0.1) is 35.2 Å². The van der Waals surface area contributed by atoms with E-state index in [1.165, 1.54) is 36.3 Å². The highest BCUT2D eigenvalue weighted by Gasteiger charge is 2.41. The Balaban J connectivity index is 0.000000188. The minimum atomic E-state index is -3.74. The van der Waals surface area contributed by atoms with Gasteiger partial charge < -0.3 is 25.4 Å². The van der Waals surface area contributed by atoms with Crippen LogP contribution in [-0.4, -0.2) is 123 Å². The molecule has 4 aliphatic rings. The number of anilines is 2. The lowest BCUT2D eigenvalue weighted by Crippen LogP contribution is -2.38. The molecule has 3 N–H and O–H groups in total. The van der Waals surface area contributed by atoms with E-state index < -0.39 is 35.8 Å². The van der Waals surface area contributed by atoms with Gasteiger partial charge in [-0.25, -0.2) is 26.8 Å². The van der Waals surface area contributed by atoms with Crippen molar-refractivity contribution in [1.82, 2.24) is 44.5 Å². The molecule has 17 nitrogen and oxygen atoms in total. The number of aromatic nitrogens is 8. The average Bonchev–Trinajstić information content (AvgIpc) is 1.50. The van der Waals surface area contributed by atoms with Crippen molar-refractivity contribution in [1.29, 1.82) is 0 Å². The molecule has 2 aromatic carbocycles. The Bertz CT molecular complexity index is 3810. The second-order valence-electron chi connectivity index (χ2n) is 26.3. The number of piperidine rings is 1. The molecule has 21 heteroatoms. The van der Waals surface area contributed by atoms with Crippen LogP contribution in [0.5, 0.6) is 0 Å². The lowest BCUT2D eigenvalue weighted by Gasteiger charge is -2.32. The van der Waals surface area contributed by atoms with Crippen molar-refractivity contribution in [2.24, 2.45) is 11.8 Å². The van der Waals surface area contributed by atoms with Crippen LogP contribution in [0.15, 0.2) is 120 Å². The van der Waals surface area contributed by atoms with Gasteiger partial charge in [-0.15, -0.1) is 0 Å². The second-order valence-corrected chi connectivity index (χ2v) is 41.5. The van der Waals surface area contributed by atoms with Gasteiger partial charge in [0.1, 0.15) is 29.1 Å². The summed E-state index contributed by atoms with van der Waals surface area (Å²) in [5, 5.41) is 12.9. The Morgan fingerprint density at radius 1 is 0.560 bits per heavy atom. The van der Waals surface area contributed by atoms with Crippen LogP contribution in [0.2, 0.25) is 51.4 Å². The van der Waals surface area contributed by atoms with Crippen molar-refractivity contribution >= 4 is 58.8 Å². The van der Waals surface area contributed by atoms with Crippen molar-refractivity contribution in [3.63, 3.8) is 0 Å². The molecule has 2 aliphatic carbocycles. The number of nitrogens with one attached hydrogen (secondary N) is 1. The van der Waals surface area contributed by atoms with Crippen LogP contribution in [0.4, 0.5) is 11.6 Å². The highest BCUT2D eigenvalue weighted by Crippen LogP contribution is 2.50. The first kappa shape index (κ1) is 59.5. The van der Waals surface area contributed by atoms with Gasteiger partial charge in [-0.05, 0) is 81.0 Å². The molecule has 2 aliphatic heterocycles. The van der Waals surface area contributed by atoms with Crippen molar-refractivity contribution in [2.45, 2.75) is 143 Å². The molecule has 2 saturated carbocycles. The van der Waals surface area contributed by atoms with E-state index in [0.29, 0.717) is 65.6 Å². The van der Waals surface area contributed by atoms with E-state index >= 15 is 0 Å². The zero-order valence-corrected chi connectivity index (χ0v) is 53.5. The standard InChI is InChI=1S/C38H55N5O4SSi2.C25H26N6O2S/c1-48(44,45)36-35(32-22-28-13-14-29(21-28)23-32)41-37-33(31-15-16-34(39-24-31)30-11-9-8-10-12-30)25-40-43(37)38(36)42(26-46-17-19-49(2,3)4)27-47-18-20-50(5,6)7;1-34(32,33)23-22(17-11-18-8-9-19(12-17)29-18)30-25-20(14-28-31(25)24(23)26)16-7-10-21(27-13-16)15-5-3-2-4-6-15/h8-12,15-16,24-25,28-29,32H,13-14,17-23,26-27H2,1-7H3;2-7,10,13-14,17-19,29H,8-9,11-12,26H2,1H3/t28-,29+,32?;17?,18-,19+. The van der Waals surface area contributed by atoms with Crippen molar-refractivity contribution < 1.29 is 26.3 Å². The van der Waals surface area contributed by atoms with E-state index in [9.17, 15) is 16.8 Å². The molecular weight excluding hydrogens is 1130 g/mol. The molecular formula is C63H81N11O6S2Si2. The molecule has 4 fully saturated rings. The number of hydrogen-bond acceptors (Lipinski definition) is 15. The van der Waals surface area contributed by atoms with Crippen LogP contribution in [0, 0.1) is 11.8 Å². The maximum atomic E-state index is 14.0. The smallest absolute Gasteiger partial charge is 0.181 e. The molecule has 6 aromatic heterocycles. The summed E-state index contributed by atoms with van der Waals surface area (Å²) in [5.74, 6) is 1.91. The quantitative estimate of drug-likeness (QED) is 0.0438. The zero-order chi connectivity index (χ0) is 59.1. The Hall–Kier alpha value is -6.21. The van der Waals surface area contributed by atoms with Crippen molar-refractivity contribution in [3.05, 3.63) is 121 Å². The van der Waals surface area contributed by atoms with E-state index in [2.05, 4.69) is 60.7 Å². The minimum absolute atomic E-state index is 0.0390. The van der Waals surface area contributed by atoms with E-state index in [-0.39, 0.29) is 40.9 Å². The first-order chi connectivity index (χ1) is 40.0. The molecule has 444 valence electrons. The van der Waals surface area contributed by atoms with Gasteiger partial charge in [0.25, 0.3) is 0 Å². The third-order valence-electron chi connectivity index (χ3n) is 17.2. The molecule has 0 amide bonds. The topological polar surface area (TPSA) is 214 Å². The Kier molecular flexibility index (Phi) is 17.2. The minimum Gasteiger partial charge on any atom is -0.382 e. The number of nitrogens with two attached hydrogens (primary N) is 1. The third-order valence-corrected chi connectivity index (χ3v) is 22.9. The number of rotatable bonds is 19. The van der Waals surface area contributed by atoms with Crippen LogP contribution in [0.1, 0.15) is 81.0 Å². The fourth-order valence-corrected chi connectivity index (χ4v) is 16.6. The number of ether oxygens (including phenoxy) is 2. The largest absolute Gasteiger partial charge is 0.382 e. The molecule has 12 rings (SSSR count). The average molecular weight is 1210 g/mol. The van der Waals surface area contributed by atoms with Crippen LogP contribution < -0.4 is 16.0 Å². The van der Waals surface area contributed by atoms with Gasteiger partial charge in [-0.3, -0.25) is 9.97 Å². The fourth-order valence-electron chi connectivity index (χ4n) is 12.9. The zero-order valence-electron chi connectivity index (χ0n) is 49.8. The predicted molar refractivity (Wildman–Crippen MR) is 339 cm³/mol.